The number of carbonyl (C=O) groups is 2. The van der Waals surface area contributed by atoms with Crippen molar-refractivity contribution in [2.24, 2.45) is 0 Å². The van der Waals surface area contributed by atoms with Crippen LogP contribution in [0, 0.1) is 0 Å². The number of nitrogens with zero attached hydrogens (tertiary/aromatic N) is 1. The van der Waals surface area contributed by atoms with Gasteiger partial charge in [0.2, 0.25) is 0 Å². The number of nitrogens with one attached hydrogen (secondary N) is 1. The molecule has 0 saturated heterocycles. The first-order valence-electron chi connectivity index (χ1n) is 10.0. The Morgan fingerprint density at radius 3 is 2.43 bits per heavy atom. The molecule has 0 aliphatic heterocycles. The predicted octanol–water partition coefficient (Wildman–Crippen LogP) is 4.21. The smallest absolute Gasteiger partial charge is 0.331 e. The lowest BCUT2D eigenvalue weighted by Crippen LogP contribution is -2.56. The summed E-state index contributed by atoms with van der Waals surface area (Å²) in [5.74, 6) is -0.725. The summed E-state index contributed by atoms with van der Waals surface area (Å²) >= 11 is 0. The zero-order chi connectivity index (χ0) is 21.0. The largest absolute Gasteiger partial charge is 0.467 e. The molecule has 1 aromatic rings. The number of pyridine rings is 1. The number of methoxy groups -OCH3 is 1. The first kappa shape index (κ1) is 22.6. The summed E-state index contributed by atoms with van der Waals surface area (Å²) in [5.41, 5.74) is 0.0924. The number of ether oxygens (including phenoxy) is 1. The molecule has 6 nitrogen and oxygen atoms in total. The van der Waals surface area contributed by atoms with Crippen LogP contribution in [0.2, 0.25) is 18.1 Å². The van der Waals surface area contributed by atoms with Crippen molar-refractivity contribution in [1.82, 2.24) is 10.3 Å². The molecule has 28 heavy (non-hydrogen) atoms. The van der Waals surface area contributed by atoms with Gasteiger partial charge in [0.1, 0.15) is 11.2 Å². The minimum atomic E-state index is -1.96. The van der Waals surface area contributed by atoms with Gasteiger partial charge >= 0.3 is 5.97 Å². The SMILES string of the molecule is COC(=O)C1(NC(=O)c2ncccc2CO[Si](C)(C)C(C)(C)C)CCCCC1. The third kappa shape index (κ3) is 5.00. The van der Waals surface area contributed by atoms with Crippen LogP contribution in [0.15, 0.2) is 18.3 Å². The summed E-state index contributed by atoms with van der Waals surface area (Å²) in [7, 11) is -0.595. The number of rotatable bonds is 6. The van der Waals surface area contributed by atoms with E-state index in [1.165, 1.54) is 7.11 Å². The zero-order valence-corrected chi connectivity index (χ0v) is 19.1. The van der Waals surface area contributed by atoms with Gasteiger partial charge in [0.15, 0.2) is 8.32 Å². The minimum absolute atomic E-state index is 0.0780. The highest BCUT2D eigenvalue weighted by molar-refractivity contribution is 6.74. The maximum Gasteiger partial charge on any atom is 0.331 e. The third-order valence-electron chi connectivity index (χ3n) is 6.14. The lowest BCUT2D eigenvalue weighted by atomic mass is 9.81. The van der Waals surface area contributed by atoms with Crippen LogP contribution >= 0.6 is 0 Å². The van der Waals surface area contributed by atoms with Crippen molar-refractivity contribution in [1.29, 1.82) is 0 Å². The molecule has 1 aliphatic carbocycles. The monoisotopic (exact) mass is 406 g/mol. The van der Waals surface area contributed by atoms with Crippen molar-refractivity contribution in [2.75, 3.05) is 7.11 Å². The molecular formula is C21H34N2O4Si. The number of carbonyl (C=O) groups excluding carboxylic acids is 2. The molecule has 1 fully saturated rings. The molecule has 156 valence electrons. The molecule has 1 aliphatic rings. The summed E-state index contributed by atoms with van der Waals surface area (Å²) in [5, 5.41) is 3.03. The van der Waals surface area contributed by atoms with Crippen molar-refractivity contribution in [3.05, 3.63) is 29.6 Å². The average Bonchev–Trinajstić information content (AvgIpc) is 2.65. The van der Waals surface area contributed by atoms with E-state index in [0.717, 1.165) is 24.8 Å². The van der Waals surface area contributed by atoms with Gasteiger partial charge in [0, 0.05) is 11.8 Å². The summed E-state index contributed by atoms with van der Waals surface area (Å²) in [6, 6.07) is 3.67. The lowest BCUT2D eigenvalue weighted by molar-refractivity contribution is -0.149. The Morgan fingerprint density at radius 2 is 1.86 bits per heavy atom. The first-order valence-corrected chi connectivity index (χ1v) is 12.9. The van der Waals surface area contributed by atoms with E-state index in [1.807, 2.05) is 6.07 Å². The summed E-state index contributed by atoms with van der Waals surface area (Å²) < 4.78 is 11.3. The fraction of sp³-hybridized carbons (Fsp3) is 0.667. The standard InChI is InChI=1S/C21H34N2O4Si/c1-20(2,3)28(5,6)27-15-16-11-10-14-22-17(16)18(24)23-21(19(25)26-4)12-8-7-9-13-21/h10-11,14H,7-9,12-13,15H2,1-6H3,(H,23,24). The number of hydrogen-bond donors (Lipinski definition) is 1. The second-order valence-electron chi connectivity index (χ2n) is 9.15. The summed E-state index contributed by atoms with van der Waals surface area (Å²) in [4.78, 5) is 29.8. The number of amides is 1. The predicted molar refractivity (Wildman–Crippen MR) is 112 cm³/mol. The molecule has 0 radical (unpaired) electrons. The van der Waals surface area contributed by atoms with E-state index < -0.39 is 13.9 Å². The van der Waals surface area contributed by atoms with Gasteiger partial charge < -0.3 is 14.5 Å². The van der Waals surface area contributed by atoms with Gasteiger partial charge in [-0.2, -0.15) is 0 Å². The third-order valence-corrected chi connectivity index (χ3v) is 10.6. The maximum atomic E-state index is 13.1. The Bertz CT molecular complexity index is 707. The second-order valence-corrected chi connectivity index (χ2v) is 14.0. The van der Waals surface area contributed by atoms with Crippen molar-refractivity contribution in [3.63, 3.8) is 0 Å². The van der Waals surface area contributed by atoms with E-state index >= 15 is 0 Å². The number of esters is 1. The van der Waals surface area contributed by atoms with E-state index in [0.29, 0.717) is 25.1 Å². The Morgan fingerprint density at radius 1 is 1.21 bits per heavy atom. The highest BCUT2D eigenvalue weighted by Crippen LogP contribution is 2.37. The Balaban J connectivity index is 2.21. The number of hydrogen-bond acceptors (Lipinski definition) is 5. The van der Waals surface area contributed by atoms with Gasteiger partial charge in [-0.15, -0.1) is 0 Å². The summed E-state index contributed by atoms with van der Waals surface area (Å²) in [6.07, 6.45) is 5.61. The Kier molecular flexibility index (Phi) is 7.04. The molecule has 0 bridgehead atoms. The molecule has 1 aromatic heterocycles. The maximum absolute atomic E-state index is 13.1. The summed E-state index contributed by atoms with van der Waals surface area (Å²) in [6.45, 7) is 11.2. The lowest BCUT2D eigenvalue weighted by Gasteiger charge is -2.36. The first-order chi connectivity index (χ1) is 13.0. The fourth-order valence-corrected chi connectivity index (χ4v) is 4.19. The highest BCUT2D eigenvalue weighted by Gasteiger charge is 2.43. The molecule has 0 aromatic carbocycles. The van der Waals surface area contributed by atoms with Gasteiger partial charge in [0.05, 0.1) is 13.7 Å². The molecule has 7 heteroatoms. The fourth-order valence-electron chi connectivity index (χ4n) is 3.24. The number of aromatic nitrogens is 1. The highest BCUT2D eigenvalue weighted by atomic mass is 28.4. The Hall–Kier alpha value is -1.73. The van der Waals surface area contributed by atoms with Crippen LogP contribution < -0.4 is 5.32 Å². The quantitative estimate of drug-likeness (QED) is 0.566. The van der Waals surface area contributed by atoms with Gasteiger partial charge in [0.25, 0.3) is 5.91 Å². The van der Waals surface area contributed by atoms with Crippen LogP contribution in [0.5, 0.6) is 0 Å². The van der Waals surface area contributed by atoms with E-state index in [1.54, 1.807) is 12.3 Å². The normalized spacial score (nSPS) is 17.1. The molecule has 0 spiro atoms. The van der Waals surface area contributed by atoms with Gasteiger partial charge in [-0.1, -0.05) is 46.1 Å². The molecule has 1 heterocycles. The van der Waals surface area contributed by atoms with Gasteiger partial charge in [-0.05, 0) is 37.0 Å². The average molecular weight is 407 g/mol. The van der Waals surface area contributed by atoms with Gasteiger partial charge in [-0.3, -0.25) is 9.78 Å². The molecule has 1 amide bonds. The molecule has 2 rings (SSSR count). The van der Waals surface area contributed by atoms with Gasteiger partial charge in [-0.25, -0.2) is 4.79 Å². The van der Waals surface area contributed by atoms with E-state index in [9.17, 15) is 9.59 Å². The van der Waals surface area contributed by atoms with Crippen LogP contribution in [0.3, 0.4) is 0 Å². The molecular weight excluding hydrogens is 372 g/mol. The van der Waals surface area contributed by atoms with Crippen LogP contribution in [0.25, 0.3) is 0 Å². The zero-order valence-electron chi connectivity index (χ0n) is 18.1. The Labute approximate surface area is 169 Å². The molecule has 1 saturated carbocycles. The van der Waals surface area contributed by atoms with Crippen molar-refractivity contribution < 1.29 is 18.8 Å². The molecule has 1 N–H and O–H groups in total. The van der Waals surface area contributed by atoms with Crippen molar-refractivity contribution >= 4 is 20.2 Å². The van der Waals surface area contributed by atoms with E-state index in [4.69, 9.17) is 9.16 Å². The molecule has 0 atom stereocenters. The topological polar surface area (TPSA) is 77.5 Å². The second kappa shape index (κ2) is 8.74. The van der Waals surface area contributed by atoms with Crippen LogP contribution in [-0.4, -0.2) is 37.8 Å². The van der Waals surface area contributed by atoms with Crippen molar-refractivity contribution in [3.8, 4) is 0 Å². The van der Waals surface area contributed by atoms with E-state index in [2.05, 4.69) is 44.2 Å². The molecule has 0 unspecified atom stereocenters. The van der Waals surface area contributed by atoms with Crippen LogP contribution in [-0.2, 0) is 20.6 Å². The van der Waals surface area contributed by atoms with Crippen LogP contribution in [0.4, 0.5) is 0 Å². The van der Waals surface area contributed by atoms with E-state index in [-0.39, 0.29) is 16.9 Å². The minimum Gasteiger partial charge on any atom is -0.467 e. The van der Waals surface area contributed by atoms with Crippen molar-refractivity contribution in [2.45, 2.75) is 83.2 Å². The van der Waals surface area contributed by atoms with Crippen LogP contribution in [0.1, 0.15) is 68.9 Å².